The van der Waals surface area contributed by atoms with E-state index in [1.807, 2.05) is 12.1 Å². The van der Waals surface area contributed by atoms with Crippen LogP contribution in [-0.4, -0.2) is 0 Å². The van der Waals surface area contributed by atoms with Crippen LogP contribution in [0.4, 0.5) is 0 Å². The zero-order valence-electron chi connectivity index (χ0n) is 35.3. The van der Waals surface area contributed by atoms with Crippen molar-refractivity contribution in [3.8, 4) is 55.6 Å². The van der Waals surface area contributed by atoms with Crippen LogP contribution >= 0.6 is 0 Å². The molecule has 1 aliphatic rings. The second-order valence-corrected chi connectivity index (χ2v) is 17.7. The van der Waals surface area contributed by atoms with Crippen molar-refractivity contribution in [2.75, 3.05) is 0 Å². The monoisotopic (exact) mass is 804 g/mol. The zero-order valence-corrected chi connectivity index (χ0v) is 35.3. The Morgan fingerprint density at radius 1 is 0.317 bits per heavy atom. The largest absolute Gasteiger partial charge is 0.456 e. The van der Waals surface area contributed by atoms with Gasteiger partial charge in [0.15, 0.2) is 0 Å². The second-order valence-electron chi connectivity index (χ2n) is 17.7. The maximum Gasteiger partial charge on any atom is 0.135 e. The van der Waals surface area contributed by atoms with Crippen molar-refractivity contribution < 1.29 is 4.42 Å². The summed E-state index contributed by atoms with van der Waals surface area (Å²) in [6.45, 7) is 4.79. The highest BCUT2D eigenvalue weighted by molar-refractivity contribution is 6.06. The third-order valence-electron chi connectivity index (χ3n) is 13.6. The van der Waals surface area contributed by atoms with Crippen molar-refractivity contribution in [2.24, 2.45) is 0 Å². The van der Waals surface area contributed by atoms with Gasteiger partial charge in [-0.3, -0.25) is 0 Å². The molecule has 1 aromatic heterocycles. The summed E-state index contributed by atoms with van der Waals surface area (Å²) >= 11 is 0. The van der Waals surface area contributed by atoms with Crippen LogP contribution in [0.25, 0.3) is 88.3 Å². The molecule has 12 rings (SSSR count). The molecule has 0 fully saturated rings. The first-order chi connectivity index (χ1) is 31.0. The van der Waals surface area contributed by atoms with E-state index >= 15 is 0 Å². The number of furan rings is 1. The standard InChI is InChI=1S/C62H44O/c1-62(2)57-38-49(48-32-35-60-56(37-48)55-19-8-9-21-59(55)63-60)30-33-53(57)54-34-31-50(39-58(54)62)61(45-28-24-43(25-29-45)52-20-11-15-42-14-6-7-18-51(42)52)44-26-22-41(23-27-44)47-17-10-16-46(36-47)40-12-4-3-5-13-40/h3-39,61H,1-2H3. The van der Waals surface area contributed by atoms with Gasteiger partial charge in [0.25, 0.3) is 0 Å². The van der Waals surface area contributed by atoms with Gasteiger partial charge in [-0.1, -0.05) is 208 Å². The molecule has 1 atom stereocenters. The van der Waals surface area contributed by atoms with Crippen LogP contribution in [0.3, 0.4) is 0 Å². The van der Waals surface area contributed by atoms with Gasteiger partial charge in [0.2, 0.25) is 0 Å². The Bertz CT molecular complexity index is 3510. The maximum atomic E-state index is 6.17. The molecule has 10 aromatic carbocycles. The van der Waals surface area contributed by atoms with Crippen molar-refractivity contribution >= 4 is 32.7 Å². The van der Waals surface area contributed by atoms with E-state index in [1.165, 1.54) is 94.2 Å². The molecule has 1 aliphatic carbocycles. The lowest BCUT2D eigenvalue weighted by molar-refractivity contribution is 0.659. The molecule has 63 heavy (non-hydrogen) atoms. The summed E-state index contributed by atoms with van der Waals surface area (Å²) in [7, 11) is 0. The highest BCUT2D eigenvalue weighted by Gasteiger charge is 2.36. The first-order valence-electron chi connectivity index (χ1n) is 22.0. The van der Waals surface area contributed by atoms with E-state index in [9.17, 15) is 0 Å². The van der Waals surface area contributed by atoms with Crippen molar-refractivity contribution in [1.29, 1.82) is 0 Å². The van der Waals surface area contributed by atoms with Crippen molar-refractivity contribution in [2.45, 2.75) is 25.2 Å². The van der Waals surface area contributed by atoms with E-state index in [-0.39, 0.29) is 11.3 Å². The van der Waals surface area contributed by atoms with E-state index < -0.39 is 0 Å². The highest BCUT2D eigenvalue weighted by Crippen LogP contribution is 2.51. The van der Waals surface area contributed by atoms with Crippen molar-refractivity contribution in [3.63, 3.8) is 0 Å². The number of hydrogen-bond donors (Lipinski definition) is 0. The van der Waals surface area contributed by atoms with Crippen molar-refractivity contribution in [1.82, 2.24) is 0 Å². The van der Waals surface area contributed by atoms with Crippen molar-refractivity contribution in [3.05, 3.63) is 252 Å². The molecular weight excluding hydrogens is 761 g/mol. The minimum Gasteiger partial charge on any atom is -0.456 e. The van der Waals surface area contributed by atoms with E-state index in [0.29, 0.717) is 0 Å². The molecule has 11 aromatic rings. The lowest BCUT2D eigenvalue weighted by Gasteiger charge is -2.25. The molecule has 1 heterocycles. The van der Waals surface area contributed by atoms with Crippen LogP contribution in [0, 0.1) is 0 Å². The second kappa shape index (κ2) is 14.7. The Balaban J connectivity index is 0.934. The molecular formula is C62H44O. The molecule has 0 spiro atoms. The summed E-state index contributed by atoms with van der Waals surface area (Å²) < 4.78 is 6.17. The third kappa shape index (κ3) is 6.31. The lowest BCUT2D eigenvalue weighted by atomic mass is 9.78. The lowest BCUT2D eigenvalue weighted by Crippen LogP contribution is -2.16. The molecule has 0 saturated heterocycles. The van der Waals surface area contributed by atoms with E-state index in [4.69, 9.17) is 4.42 Å². The number of rotatable bonds is 7. The van der Waals surface area contributed by atoms with Gasteiger partial charge in [-0.25, -0.2) is 0 Å². The fourth-order valence-corrected chi connectivity index (χ4v) is 10.3. The Morgan fingerprint density at radius 3 is 1.60 bits per heavy atom. The summed E-state index contributed by atoms with van der Waals surface area (Å²) in [6.07, 6.45) is 0. The molecule has 1 nitrogen and oxygen atoms in total. The SMILES string of the molecule is CC1(C)c2cc(-c3ccc4oc5ccccc5c4c3)ccc2-c2ccc(C(c3ccc(-c4cccc(-c5ccccc5)c4)cc3)c3ccc(-c4cccc5ccccc45)cc3)cc21. The number of benzene rings is 10. The average molecular weight is 805 g/mol. The molecule has 0 aliphatic heterocycles. The Hall–Kier alpha value is -7.74. The quantitative estimate of drug-likeness (QED) is 0.146. The molecule has 0 amide bonds. The van der Waals surface area contributed by atoms with E-state index in [0.717, 1.165) is 21.9 Å². The molecule has 1 unspecified atom stereocenters. The summed E-state index contributed by atoms with van der Waals surface area (Å²) in [5, 5.41) is 4.84. The molecule has 0 bridgehead atoms. The van der Waals surface area contributed by atoms with Gasteiger partial charge in [-0.2, -0.15) is 0 Å². The summed E-state index contributed by atoms with van der Waals surface area (Å²) in [6, 6.07) is 82.6. The normalized spacial score (nSPS) is 13.3. The third-order valence-corrected chi connectivity index (χ3v) is 13.6. The molecule has 298 valence electrons. The predicted octanol–water partition coefficient (Wildman–Crippen LogP) is 16.9. The minimum atomic E-state index is -0.195. The van der Waals surface area contributed by atoms with Crippen LogP contribution in [0.1, 0.15) is 47.6 Å². The van der Waals surface area contributed by atoms with Gasteiger partial charge >= 0.3 is 0 Å². The molecule has 1 heteroatoms. The smallest absolute Gasteiger partial charge is 0.135 e. The Morgan fingerprint density at radius 2 is 0.825 bits per heavy atom. The van der Waals surface area contributed by atoms with Crippen LogP contribution in [-0.2, 0) is 5.41 Å². The highest BCUT2D eigenvalue weighted by atomic mass is 16.3. The Labute approximate surface area is 368 Å². The van der Waals surface area contributed by atoms with Crippen LogP contribution in [0.2, 0.25) is 0 Å². The fraction of sp³-hybridized carbons (Fsp3) is 0.0645. The molecule has 0 saturated carbocycles. The van der Waals surface area contributed by atoms with Crippen LogP contribution in [0.5, 0.6) is 0 Å². The van der Waals surface area contributed by atoms with Crippen LogP contribution < -0.4 is 0 Å². The van der Waals surface area contributed by atoms with Gasteiger partial charge in [0, 0.05) is 22.1 Å². The minimum absolute atomic E-state index is 0.0353. The number of para-hydroxylation sites is 1. The number of fused-ring (bicyclic) bond motifs is 7. The van der Waals surface area contributed by atoms with Gasteiger partial charge < -0.3 is 4.42 Å². The van der Waals surface area contributed by atoms with Gasteiger partial charge in [0.05, 0.1) is 0 Å². The van der Waals surface area contributed by atoms with Crippen LogP contribution in [0.15, 0.2) is 229 Å². The fourth-order valence-electron chi connectivity index (χ4n) is 10.3. The summed E-state index contributed by atoms with van der Waals surface area (Å²) in [4.78, 5) is 0. The topological polar surface area (TPSA) is 13.1 Å². The van der Waals surface area contributed by atoms with E-state index in [1.54, 1.807) is 0 Å². The maximum absolute atomic E-state index is 6.17. The molecule has 0 radical (unpaired) electrons. The first kappa shape index (κ1) is 37.1. The summed E-state index contributed by atoms with van der Waals surface area (Å²) in [5.74, 6) is 0.0353. The molecule has 0 N–H and O–H groups in total. The first-order valence-corrected chi connectivity index (χ1v) is 22.0. The Kier molecular flexibility index (Phi) is 8.66. The van der Waals surface area contributed by atoms with Gasteiger partial charge in [-0.15, -0.1) is 0 Å². The zero-order chi connectivity index (χ0) is 42.1. The van der Waals surface area contributed by atoms with Gasteiger partial charge in [0.1, 0.15) is 11.2 Å². The van der Waals surface area contributed by atoms with Gasteiger partial charge in [-0.05, 0) is 125 Å². The average Bonchev–Trinajstić information content (AvgIpc) is 3.83. The summed E-state index contributed by atoms with van der Waals surface area (Å²) in [5.41, 5.74) is 20.7. The predicted molar refractivity (Wildman–Crippen MR) is 264 cm³/mol. The number of hydrogen-bond acceptors (Lipinski definition) is 1. The van der Waals surface area contributed by atoms with E-state index in [2.05, 4.69) is 226 Å².